The average Bonchev–Trinajstić information content (AvgIpc) is 3.02. The minimum Gasteiger partial charge on any atom is -0.298 e. The summed E-state index contributed by atoms with van der Waals surface area (Å²) in [5, 5.41) is 4.90. The molecule has 0 aromatic carbocycles. The Labute approximate surface area is 315 Å². The molecule has 2 saturated heterocycles. The molecule has 0 unspecified atom stereocenters. The molecule has 2 aliphatic rings. The van der Waals surface area contributed by atoms with E-state index in [0.29, 0.717) is 0 Å². The predicted molar refractivity (Wildman–Crippen MR) is 219 cm³/mol. The molecule has 0 bridgehead atoms. The summed E-state index contributed by atoms with van der Waals surface area (Å²) in [6.45, 7) is 28.5. The summed E-state index contributed by atoms with van der Waals surface area (Å²) in [5.41, 5.74) is 0.156. The highest BCUT2D eigenvalue weighted by atomic mass is 16.7. The highest BCUT2D eigenvalue weighted by Gasteiger charge is 2.53. The summed E-state index contributed by atoms with van der Waals surface area (Å²) < 4.78 is 0. The Balaban J connectivity index is 2.12. The molecule has 0 spiro atoms. The summed E-state index contributed by atoms with van der Waals surface area (Å²) in [4.78, 5) is 13.4. The topological polar surface area (TPSA) is 24.9 Å². The molecule has 0 aromatic rings. The lowest BCUT2D eigenvalue weighted by Crippen LogP contribution is -2.63. The molecule has 0 atom stereocenters. The zero-order valence-electron chi connectivity index (χ0n) is 36.2. The first-order chi connectivity index (χ1) is 23.7. The van der Waals surface area contributed by atoms with Gasteiger partial charge in [0.1, 0.15) is 0 Å². The molecular weight excluding hydrogens is 613 g/mol. The van der Waals surface area contributed by atoms with Crippen molar-refractivity contribution in [2.24, 2.45) is 17.8 Å². The molecule has 0 N–H and O–H groups in total. The van der Waals surface area contributed by atoms with Gasteiger partial charge in [0.05, 0.1) is 13.2 Å². The fourth-order valence-corrected chi connectivity index (χ4v) is 10.6. The predicted octanol–water partition coefficient (Wildman–Crippen LogP) is 14.6. The number of hydroxylamine groups is 4. The maximum absolute atomic E-state index is 6.72. The molecule has 298 valence electrons. The van der Waals surface area contributed by atoms with Crippen LogP contribution in [-0.2, 0) is 9.68 Å². The number of hydrogen-bond donors (Lipinski definition) is 0. The van der Waals surface area contributed by atoms with Crippen molar-refractivity contribution in [2.75, 3.05) is 13.2 Å². The first kappa shape index (κ1) is 46.0. The molecule has 0 saturated carbocycles. The second-order valence-electron chi connectivity index (χ2n) is 19.7. The molecule has 0 aromatic heterocycles. The van der Waals surface area contributed by atoms with E-state index in [0.717, 1.165) is 31.0 Å². The molecule has 0 radical (unpaired) electrons. The normalized spacial score (nSPS) is 21.4. The minimum atomic E-state index is 0.0390. The molecule has 2 fully saturated rings. The van der Waals surface area contributed by atoms with Gasteiger partial charge in [-0.2, -0.15) is 10.1 Å². The van der Waals surface area contributed by atoms with Crippen molar-refractivity contribution in [3.05, 3.63) is 0 Å². The van der Waals surface area contributed by atoms with Crippen LogP contribution in [0.1, 0.15) is 243 Å². The first-order valence-electron chi connectivity index (χ1n) is 22.6. The highest BCUT2D eigenvalue weighted by molar-refractivity contribution is 5.03. The van der Waals surface area contributed by atoms with Crippen molar-refractivity contribution in [3.8, 4) is 0 Å². The van der Waals surface area contributed by atoms with Crippen LogP contribution < -0.4 is 0 Å². The van der Waals surface area contributed by atoms with Gasteiger partial charge in [-0.3, -0.25) is 9.68 Å². The fraction of sp³-hybridized carbons (Fsp3) is 1.00. The molecule has 0 aliphatic carbocycles. The van der Waals surface area contributed by atoms with Crippen LogP contribution in [0, 0.1) is 17.8 Å². The quantitative estimate of drug-likeness (QED) is 0.0757. The molecule has 0 amide bonds. The largest absolute Gasteiger partial charge is 0.298 e. The van der Waals surface area contributed by atoms with E-state index >= 15 is 0 Å². The Morgan fingerprint density at radius 2 is 0.660 bits per heavy atom. The van der Waals surface area contributed by atoms with Gasteiger partial charge in [0.25, 0.3) is 0 Å². The van der Waals surface area contributed by atoms with Crippen LogP contribution >= 0.6 is 0 Å². The molecule has 4 nitrogen and oxygen atoms in total. The number of piperidine rings is 2. The number of nitrogens with zero attached hydrogens (tertiary/aromatic N) is 2. The third-order valence-electron chi connectivity index (χ3n) is 12.5. The van der Waals surface area contributed by atoms with E-state index in [1.165, 1.54) is 167 Å². The smallest absolute Gasteiger partial charge is 0.0685 e. The third kappa shape index (κ3) is 16.1. The van der Waals surface area contributed by atoms with Crippen LogP contribution in [0.5, 0.6) is 0 Å². The zero-order chi connectivity index (χ0) is 37.1. The molecule has 4 heteroatoms. The SMILES string of the molecule is CCCCCCCCCCCC(C1CC(C)(C)N(OCCCCCCCC)C(C)(C)C1)C1CC(C)(C)N(OCCCCCCCC)C(C)(C)C1. The summed E-state index contributed by atoms with van der Waals surface area (Å²) in [5.74, 6) is 2.23. The highest BCUT2D eigenvalue weighted by Crippen LogP contribution is 2.52. The Morgan fingerprint density at radius 3 is 0.960 bits per heavy atom. The van der Waals surface area contributed by atoms with Gasteiger partial charge < -0.3 is 0 Å². The van der Waals surface area contributed by atoms with E-state index < -0.39 is 0 Å². The number of hydrogen-bond acceptors (Lipinski definition) is 4. The second kappa shape index (κ2) is 23.6. The van der Waals surface area contributed by atoms with Crippen molar-refractivity contribution < 1.29 is 9.68 Å². The standard InChI is InChI=1S/C46H92N2O2/c1-12-15-18-21-24-25-26-27-30-33-42(40-36-43(4,5)47(44(6,7)37-40)49-34-31-28-22-19-16-13-2)41-38-45(8,9)48(46(10,11)39-41)50-35-32-29-23-20-17-14-3/h40-42H,12-39H2,1-11H3. The van der Waals surface area contributed by atoms with E-state index in [-0.39, 0.29) is 22.2 Å². The summed E-state index contributed by atoms with van der Waals surface area (Å²) >= 11 is 0. The van der Waals surface area contributed by atoms with Crippen LogP contribution in [0.4, 0.5) is 0 Å². The Hall–Kier alpha value is -0.160. The van der Waals surface area contributed by atoms with E-state index in [2.05, 4.69) is 86.3 Å². The summed E-state index contributed by atoms with van der Waals surface area (Å²) in [7, 11) is 0. The summed E-state index contributed by atoms with van der Waals surface area (Å²) in [6, 6.07) is 0. The van der Waals surface area contributed by atoms with E-state index in [4.69, 9.17) is 9.68 Å². The number of rotatable bonds is 28. The lowest BCUT2D eigenvalue weighted by atomic mass is 9.61. The third-order valence-corrected chi connectivity index (χ3v) is 12.5. The van der Waals surface area contributed by atoms with Crippen molar-refractivity contribution in [1.29, 1.82) is 0 Å². The van der Waals surface area contributed by atoms with Gasteiger partial charge in [-0.25, -0.2) is 0 Å². The van der Waals surface area contributed by atoms with Gasteiger partial charge in [-0.15, -0.1) is 0 Å². The van der Waals surface area contributed by atoms with Gasteiger partial charge in [0.15, 0.2) is 0 Å². The van der Waals surface area contributed by atoms with Crippen molar-refractivity contribution in [1.82, 2.24) is 10.1 Å². The van der Waals surface area contributed by atoms with Crippen molar-refractivity contribution in [3.63, 3.8) is 0 Å². The van der Waals surface area contributed by atoms with Crippen LogP contribution in [0.3, 0.4) is 0 Å². The molecular formula is C46H92N2O2. The van der Waals surface area contributed by atoms with Crippen molar-refractivity contribution in [2.45, 2.75) is 265 Å². The first-order valence-corrected chi connectivity index (χ1v) is 22.6. The van der Waals surface area contributed by atoms with E-state index in [9.17, 15) is 0 Å². The van der Waals surface area contributed by atoms with Crippen LogP contribution in [-0.4, -0.2) is 45.5 Å². The van der Waals surface area contributed by atoms with E-state index in [1.807, 2.05) is 0 Å². The zero-order valence-corrected chi connectivity index (χ0v) is 36.2. The van der Waals surface area contributed by atoms with Gasteiger partial charge in [0, 0.05) is 22.2 Å². The fourth-order valence-electron chi connectivity index (χ4n) is 10.6. The van der Waals surface area contributed by atoms with Gasteiger partial charge in [-0.05, 0) is 118 Å². The maximum atomic E-state index is 6.72. The molecule has 50 heavy (non-hydrogen) atoms. The Bertz CT molecular complexity index is 757. The van der Waals surface area contributed by atoms with Crippen molar-refractivity contribution >= 4 is 0 Å². The second-order valence-corrected chi connectivity index (χ2v) is 19.7. The monoisotopic (exact) mass is 705 g/mol. The van der Waals surface area contributed by atoms with Crippen LogP contribution in [0.15, 0.2) is 0 Å². The van der Waals surface area contributed by atoms with Gasteiger partial charge in [-0.1, -0.05) is 143 Å². The van der Waals surface area contributed by atoms with Crippen LogP contribution in [0.25, 0.3) is 0 Å². The van der Waals surface area contributed by atoms with Gasteiger partial charge in [0.2, 0.25) is 0 Å². The summed E-state index contributed by atoms with van der Waals surface area (Å²) in [6.07, 6.45) is 34.8. The van der Waals surface area contributed by atoms with E-state index in [1.54, 1.807) is 0 Å². The molecule has 2 aliphatic heterocycles. The molecule has 2 rings (SSSR count). The lowest BCUT2D eigenvalue weighted by molar-refractivity contribution is -0.300. The van der Waals surface area contributed by atoms with Crippen LogP contribution in [0.2, 0.25) is 0 Å². The Kier molecular flexibility index (Phi) is 21.7. The van der Waals surface area contributed by atoms with Gasteiger partial charge >= 0.3 is 0 Å². The molecule has 2 heterocycles. The maximum Gasteiger partial charge on any atom is 0.0685 e. The average molecular weight is 705 g/mol. The number of unbranched alkanes of at least 4 members (excludes halogenated alkanes) is 18. The minimum absolute atomic E-state index is 0.0390. The Morgan fingerprint density at radius 1 is 0.400 bits per heavy atom. The lowest BCUT2D eigenvalue weighted by Gasteiger charge is -2.59.